The van der Waals surface area contributed by atoms with Gasteiger partial charge >= 0.3 is 6.26 Å². The second-order valence-electron chi connectivity index (χ2n) is 1.11. The second kappa shape index (κ2) is 1.98. The minimum absolute atomic E-state index is 1.21. The van der Waals surface area contributed by atoms with Crippen molar-refractivity contribution in [2.24, 2.45) is 0 Å². The van der Waals surface area contributed by atoms with Crippen molar-refractivity contribution in [3.05, 3.63) is 18.7 Å². The van der Waals surface area contributed by atoms with Crippen LogP contribution >= 0.6 is 0 Å². The summed E-state index contributed by atoms with van der Waals surface area (Å²) in [6.07, 6.45) is 5.94. The molecule has 0 amide bonds. The smallest absolute Gasteiger partial charge is 0.293 e. The molecule has 0 unspecified atom stereocenters. The molecule has 0 spiro atoms. The molecule has 4 nitrogen and oxygen atoms in total. The summed E-state index contributed by atoms with van der Waals surface area (Å²) >= 11 is 0. The minimum atomic E-state index is 1.21. The van der Waals surface area contributed by atoms with E-state index >= 15 is 0 Å². The molecule has 0 saturated carbocycles. The normalized spacial score (nSPS) is 7.88. The van der Waals surface area contributed by atoms with E-state index in [1.807, 2.05) is 0 Å². The molecule has 1 rings (SSSR count). The van der Waals surface area contributed by atoms with Crippen LogP contribution in [-0.4, -0.2) is 9.71 Å². The van der Waals surface area contributed by atoms with Crippen LogP contribution in [0.1, 0.15) is 0 Å². The fourth-order valence-corrected chi connectivity index (χ4v) is 0.348. The summed E-state index contributed by atoms with van der Waals surface area (Å²) in [5.74, 6) is 0. The topological polar surface area (TPSA) is 50.8 Å². The average molecular weight is 109 g/mol. The van der Waals surface area contributed by atoms with Crippen molar-refractivity contribution in [1.29, 1.82) is 5.26 Å². The lowest BCUT2D eigenvalue weighted by atomic mass is 11.0. The standard InChI is InChI=1S/C4H3N3O/c5-3-8-7-2-1-6-4-7/h1-2,4H. The molecule has 4 heteroatoms. The van der Waals surface area contributed by atoms with Crippen LogP contribution in [-0.2, 0) is 0 Å². The number of rotatable bonds is 1. The predicted molar refractivity (Wildman–Crippen MR) is 24.4 cm³/mol. The zero-order valence-electron chi connectivity index (χ0n) is 3.98. The van der Waals surface area contributed by atoms with Gasteiger partial charge in [-0.25, -0.2) is 4.98 Å². The lowest BCUT2D eigenvalue weighted by molar-refractivity contribution is 0.231. The van der Waals surface area contributed by atoms with Crippen molar-refractivity contribution < 1.29 is 4.84 Å². The van der Waals surface area contributed by atoms with Crippen LogP contribution in [0.5, 0.6) is 0 Å². The number of nitriles is 1. The molecule has 8 heavy (non-hydrogen) atoms. The first kappa shape index (κ1) is 4.65. The molecular weight excluding hydrogens is 106 g/mol. The fraction of sp³-hybridized carbons (Fsp3) is 0. The van der Waals surface area contributed by atoms with Crippen LogP contribution < -0.4 is 4.84 Å². The Bertz CT molecular complexity index is 186. The lowest BCUT2D eigenvalue weighted by Gasteiger charge is -1.87. The van der Waals surface area contributed by atoms with Crippen molar-refractivity contribution in [1.82, 2.24) is 9.71 Å². The Morgan fingerprint density at radius 2 is 2.62 bits per heavy atom. The summed E-state index contributed by atoms with van der Waals surface area (Å²) in [6, 6.07) is 0. The fourth-order valence-electron chi connectivity index (χ4n) is 0.348. The Balaban J connectivity index is 2.67. The van der Waals surface area contributed by atoms with Crippen molar-refractivity contribution >= 4 is 0 Å². The van der Waals surface area contributed by atoms with Gasteiger partial charge in [-0.1, -0.05) is 0 Å². The first-order valence-corrected chi connectivity index (χ1v) is 1.98. The maximum Gasteiger partial charge on any atom is 0.315 e. The van der Waals surface area contributed by atoms with E-state index in [0.29, 0.717) is 0 Å². The summed E-state index contributed by atoms with van der Waals surface area (Å²) in [5, 5.41) is 7.92. The highest BCUT2D eigenvalue weighted by atomic mass is 16.6. The zero-order valence-corrected chi connectivity index (χ0v) is 3.98. The van der Waals surface area contributed by atoms with E-state index in [1.165, 1.54) is 29.7 Å². The molecule has 0 aliphatic heterocycles. The Kier molecular flexibility index (Phi) is 1.15. The molecule has 0 radical (unpaired) electrons. The first-order chi connectivity index (χ1) is 3.93. The van der Waals surface area contributed by atoms with Gasteiger partial charge in [0.05, 0.1) is 6.20 Å². The molecule has 0 atom stereocenters. The SMILES string of the molecule is N#COn1ccnc1. The van der Waals surface area contributed by atoms with Crippen LogP contribution in [0.25, 0.3) is 0 Å². The van der Waals surface area contributed by atoms with E-state index < -0.39 is 0 Å². The van der Waals surface area contributed by atoms with Crippen molar-refractivity contribution in [2.75, 3.05) is 0 Å². The molecule has 0 aromatic carbocycles. The van der Waals surface area contributed by atoms with Crippen LogP contribution in [0.3, 0.4) is 0 Å². The zero-order chi connectivity index (χ0) is 5.82. The summed E-state index contributed by atoms with van der Waals surface area (Å²) < 4.78 is 1.21. The third-order valence-electron chi connectivity index (χ3n) is 0.626. The summed E-state index contributed by atoms with van der Waals surface area (Å²) in [5.41, 5.74) is 0. The van der Waals surface area contributed by atoms with Gasteiger partial charge in [0, 0.05) is 6.20 Å². The number of aromatic nitrogens is 2. The largest absolute Gasteiger partial charge is 0.315 e. The molecule has 1 heterocycles. The van der Waals surface area contributed by atoms with Crippen molar-refractivity contribution in [2.45, 2.75) is 0 Å². The van der Waals surface area contributed by atoms with E-state index in [4.69, 9.17) is 5.26 Å². The molecule has 0 bridgehead atoms. The number of hydrogen-bond acceptors (Lipinski definition) is 3. The highest BCUT2D eigenvalue weighted by Crippen LogP contribution is 1.76. The van der Waals surface area contributed by atoms with Crippen molar-refractivity contribution in [3.8, 4) is 6.26 Å². The molecule has 40 valence electrons. The number of imidazole rings is 1. The molecule has 0 aliphatic carbocycles. The Morgan fingerprint density at radius 1 is 1.75 bits per heavy atom. The maximum absolute atomic E-state index is 7.92. The van der Waals surface area contributed by atoms with E-state index in [1.54, 1.807) is 0 Å². The highest BCUT2D eigenvalue weighted by molar-refractivity contribution is 4.71. The molecule has 1 aromatic rings. The van der Waals surface area contributed by atoms with Gasteiger partial charge < -0.3 is 0 Å². The monoisotopic (exact) mass is 109 g/mol. The lowest BCUT2D eigenvalue weighted by Crippen LogP contribution is -1.99. The van der Waals surface area contributed by atoms with Gasteiger partial charge in [0.2, 0.25) is 0 Å². The van der Waals surface area contributed by atoms with E-state index in [2.05, 4.69) is 9.82 Å². The van der Waals surface area contributed by atoms with Gasteiger partial charge in [-0.3, -0.25) is 4.84 Å². The highest BCUT2D eigenvalue weighted by Gasteiger charge is 1.81. The predicted octanol–water partition coefficient (Wildman–Crippen LogP) is -0.207. The van der Waals surface area contributed by atoms with Gasteiger partial charge in [-0.15, -0.1) is 5.26 Å². The molecular formula is C4H3N3O. The summed E-state index contributed by atoms with van der Waals surface area (Å²) in [6.45, 7) is 0. The second-order valence-corrected chi connectivity index (χ2v) is 1.11. The van der Waals surface area contributed by atoms with Gasteiger partial charge in [0.25, 0.3) is 0 Å². The van der Waals surface area contributed by atoms with Gasteiger partial charge in [-0.05, 0) is 0 Å². The van der Waals surface area contributed by atoms with Gasteiger partial charge in [0.1, 0.15) is 6.33 Å². The molecule has 0 fully saturated rings. The van der Waals surface area contributed by atoms with E-state index in [-0.39, 0.29) is 0 Å². The average Bonchev–Trinajstić information content (AvgIpc) is 2.19. The van der Waals surface area contributed by atoms with Crippen LogP contribution in [0.4, 0.5) is 0 Å². The Morgan fingerprint density at radius 3 is 3.12 bits per heavy atom. The maximum atomic E-state index is 7.92. The molecule has 0 saturated heterocycles. The minimum Gasteiger partial charge on any atom is -0.293 e. The molecule has 1 aromatic heterocycles. The number of hydrogen-bond donors (Lipinski definition) is 0. The van der Waals surface area contributed by atoms with Crippen LogP contribution in [0.2, 0.25) is 0 Å². The summed E-state index contributed by atoms with van der Waals surface area (Å²) in [7, 11) is 0. The van der Waals surface area contributed by atoms with Crippen LogP contribution in [0.15, 0.2) is 18.7 Å². The van der Waals surface area contributed by atoms with Crippen molar-refractivity contribution in [3.63, 3.8) is 0 Å². The van der Waals surface area contributed by atoms with E-state index in [0.717, 1.165) is 0 Å². The molecule has 0 aliphatic rings. The van der Waals surface area contributed by atoms with Gasteiger partial charge in [-0.2, -0.15) is 4.73 Å². The third kappa shape index (κ3) is 0.763. The number of nitrogens with zero attached hydrogens (tertiary/aromatic N) is 3. The van der Waals surface area contributed by atoms with E-state index in [9.17, 15) is 0 Å². The molecule has 0 N–H and O–H groups in total. The quantitative estimate of drug-likeness (QED) is 0.469. The first-order valence-electron chi connectivity index (χ1n) is 1.98. The summed E-state index contributed by atoms with van der Waals surface area (Å²) in [4.78, 5) is 7.93. The van der Waals surface area contributed by atoms with Crippen LogP contribution in [0, 0.1) is 11.5 Å². The Labute approximate surface area is 45.9 Å². The Hall–Kier alpha value is -1.50. The van der Waals surface area contributed by atoms with Gasteiger partial charge in [0.15, 0.2) is 0 Å². The third-order valence-corrected chi connectivity index (χ3v) is 0.626.